The van der Waals surface area contributed by atoms with Crippen LogP contribution in [0.5, 0.6) is 0 Å². The number of aryl methyl sites for hydroxylation is 1. The molecule has 0 heterocycles. The van der Waals surface area contributed by atoms with Crippen LogP contribution in [0.3, 0.4) is 0 Å². The van der Waals surface area contributed by atoms with Crippen molar-refractivity contribution in [2.75, 3.05) is 0 Å². The zero-order chi connectivity index (χ0) is 14.7. The van der Waals surface area contributed by atoms with E-state index in [1.165, 1.54) is 11.1 Å². The maximum atomic E-state index is 6.07. The fourth-order valence-electron chi connectivity index (χ4n) is 2.20. The zero-order valence-corrected chi connectivity index (χ0v) is 13.5. The predicted octanol–water partition coefficient (Wildman–Crippen LogP) is 5.71. The van der Waals surface area contributed by atoms with Gasteiger partial charge in [-0.05, 0) is 44.0 Å². The topological polar surface area (TPSA) is 12.0 Å². The van der Waals surface area contributed by atoms with Crippen molar-refractivity contribution in [3.63, 3.8) is 0 Å². The summed E-state index contributed by atoms with van der Waals surface area (Å²) >= 11 is 12.0. The molecule has 0 saturated heterocycles. The van der Waals surface area contributed by atoms with E-state index in [0.29, 0.717) is 10.0 Å². The van der Waals surface area contributed by atoms with Gasteiger partial charge < -0.3 is 5.32 Å². The average molecular weight is 308 g/mol. The van der Waals surface area contributed by atoms with Crippen molar-refractivity contribution in [2.24, 2.45) is 0 Å². The third-order valence-electron chi connectivity index (χ3n) is 3.52. The molecular formula is C17H19Cl2N. The molecule has 0 aliphatic rings. The fraction of sp³-hybridized carbons (Fsp3) is 0.294. The minimum Gasteiger partial charge on any atom is -0.304 e. The van der Waals surface area contributed by atoms with E-state index in [4.69, 9.17) is 23.2 Å². The first-order valence-corrected chi connectivity index (χ1v) is 7.50. The Morgan fingerprint density at radius 2 is 1.35 bits per heavy atom. The molecule has 0 saturated carbocycles. The van der Waals surface area contributed by atoms with Crippen LogP contribution in [-0.2, 0) is 0 Å². The summed E-state index contributed by atoms with van der Waals surface area (Å²) in [6.07, 6.45) is 0. The summed E-state index contributed by atoms with van der Waals surface area (Å²) in [5.41, 5.74) is 3.69. The second-order valence-electron chi connectivity index (χ2n) is 5.19. The molecule has 0 aromatic heterocycles. The molecule has 0 amide bonds. The van der Waals surface area contributed by atoms with Gasteiger partial charge in [0, 0.05) is 12.1 Å². The van der Waals surface area contributed by atoms with E-state index >= 15 is 0 Å². The molecule has 0 spiro atoms. The van der Waals surface area contributed by atoms with Gasteiger partial charge in [-0.1, -0.05) is 59.1 Å². The average Bonchev–Trinajstić information content (AvgIpc) is 2.42. The summed E-state index contributed by atoms with van der Waals surface area (Å²) in [7, 11) is 0. The SMILES string of the molecule is Cc1ccc([C@@H](C)NC(C)c2ccc(Cl)c(Cl)c2)cc1. The van der Waals surface area contributed by atoms with Crippen LogP contribution < -0.4 is 5.32 Å². The molecule has 1 N–H and O–H groups in total. The number of rotatable bonds is 4. The standard InChI is InChI=1S/C17H19Cl2N/c1-11-4-6-14(7-5-11)12(2)20-13(3)15-8-9-16(18)17(19)10-15/h4-10,12-13,20H,1-3H3/t12-,13?/m1/s1. The van der Waals surface area contributed by atoms with Crippen molar-refractivity contribution < 1.29 is 0 Å². The van der Waals surface area contributed by atoms with Crippen molar-refractivity contribution in [1.29, 1.82) is 0 Å². The lowest BCUT2D eigenvalue weighted by atomic mass is 10.0. The van der Waals surface area contributed by atoms with E-state index in [1.807, 2.05) is 18.2 Å². The summed E-state index contributed by atoms with van der Waals surface area (Å²) in [5, 5.41) is 4.77. The minimum absolute atomic E-state index is 0.209. The molecule has 0 bridgehead atoms. The largest absolute Gasteiger partial charge is 0.304 e. The second-order valence-corrected chi connectivity index (χ2v) is 6.01. The van der Waals surface area contributed by atoms with Gasteiger partial charge in [0.2, 0.25) is 0 Å². The van der Waals surface area contributed by atoms with E-state index in [1.54, 1.807) is 0 Å². The first-order chi connectivity index (χ1) is 9.47. The Bertz CT molecular complexity index is 578. The Morgan fingerprint density at radius 1 is 0.800 bits per heavy atom. The Balaban J connectivity index is 2.08. The van der Waals surface area contributed by atoms with Gasteiger partial charge in [0.05, 0.1) is 10.0 Å². The van der Waals surface area contributed by atoms with Crippen molar-refractivity contribution in [1.82, 2.24) is 5.32 Å². The number of hydrogen-bond acceptors (Lipinski definition) is 1. The van der Waals surface area contributed by atoms with Gasteiger partial charge in [0.1, 0.15) is 0 Å². The molecule has 3 heteroatoms. The molecule has 0 aliphatic heterocycles. The van der Waals surface area contributed by atoms with Gasteiger partial charge in [-0.2, -0.15) is 0 Å². The first kappa shape index (κ1) is 15.4. The minimum atomic E-state index is 0.209. The first-order valence-electron chi connectivity index (χ1n) is 6.75. The monoisotopic (exact) mass is 307 g/mol. The van der Waals surface area contributed by atoms with E-state index in [9.17, 15) is 0 Å². The normalized spacial score (nSPS) is 14.1. The lowest BCUT2D eigenvalue weighted by molar-refractivity contribution is 0.494. The summed E-state index contributed by atoms with van der Waals surface area (Å²) < 4.78 is 0. The molecule has 20 heavy (non-hydrogen) atoms. The van der Waals surface area contributed by atoms with Crippen LogP contribution >= 0.6 is 23.2 Å². The maximum Gasteiger partial charge on any atom is 0.0595 e. The lowest BCUT2D eigenvalue weighted by Gasteiger charge is -2.21. The van der Waals surface area contributed by atoms with Gasteiger partial charge in [0.25, 0.3) is 0 Å². The molecule has 2 aromatic carbocycles. The van der Waals surface area contributed by atoms with Crippen molar-refractivity contribution >= 4 is 23.2 Å². The van der Waals surface area contributed by atoms with E-state index in [-0.39, 0.29) is 12.1 Å². The third-order valence-corrected chi connectivity index (χ3v) is 4.26. The van der Waals surface area contributed by atoms with Crippen LogP contribution in [0.15, 0.2) is 42.5 Å². The van der Waals surface area contributed by atoms with E-state index in [2.05, 4.69) is 50.4 Å². The summed E-state index contributed by atoms with van der Waals surface area (Å²) in [6.45, 7) is 6.39. The zero-order valence-electron chi connectivity index (χ0n) is 12.0. The van der Waals surface area contributed by atoms with Crippen molar-refractivity contribution in [2.45, 2.75) is 32.9 Å². The highest BCUT2D eigenvalue weighted by atomic mass is 35.5. The van der Waals surface area contributed by atoms with Crippen LogP contribution in [0.2, 0.25) is 10.0 Å². The highest BCUT2D eigenvalue weighted by molar-refractivity contribution is 6.42. The Labute approximate surface area is 130 Å². The smallest absolute Gasteiger partial charge is 0.0595 e. The molecule has 2 atom stereocenters. The predicted molar refractivity (Wildman–Crippen MR) is 87.6 cm³/mol. The van der Waals surface area contributed by atoms with Gasteiger partial charge in [-0.15, -0.1) is 0 Å². The molecular weight excluding hydrogens is 289 g/mol. The summed E-state index contributed by atoms with van der Waals surface area (Å²) in [5.74, 6) is 0. The third kappa shape index (κ3) is 3.76. The fourth-order valence-corrected chi connectivity index (χ4v) is 2.51. The van der Waals surface area contributed by atoms with Gasteiger partial charge in [-0.25, -0.2) is 0 Å². The number of hydrogen-bond donors (Lipinski definition) is 1. The molecule has 1 unspecified atom stereocenters. The van der Waals surface area contributed by atoms with Crippen molar-refractivity contribution in [3.8, 4) is 0 Å². The van der Waals surface area contributed by atoms with Gasteiger partial charge >= 0.3 is 0 Å². The van der Waals surface area contributed by atoms with Crippen LogP contribution in [-0.4, -0.2) is 0 Å². The van der Waals surface area contributed by atoms with Crippen LogP contribution in [0.4, 0.5) is 0 Å². The van der Waals surface area contributed by atoms with E-state index < -0.39 is 0 Å². The number of nitrogens with one attached hydrogen (secondary N) is 1. The van der Waals surface area contributed by atoms with E-state index in [0.717, 1.165) is 5.56 Å². The van der Waals surface area contributed by atoms with Crippen LogP contribution in [0.25, 0.3) is 0 Å². The van der Waals surface area contributed by atoms with Gasteiger partial charge in [0.15, 0.2) is 0 Å². The quantitative estimate of drug-likeness (QED) is 0.762. The highest BCUT2D eigenvalue weighted by Crippen LogP contribution is 2.27. The number of benzene rings is 2. The Morgan fingerprint density at radius 3 is 1.95 bits per heavy atom. The van der Waals surface area contributed by atoms with Crippen LogP contribution in [0, 0.1) is 6.92 Å². The number of halogens is 2. The molecule has 0 fully saturated rings. The molecule has 2 rings (SSSR count). The molecule has 106 valence electrons. The molecule has 2 aromatic rings. The lowest BCUT2D eigenvalue weighted by Crippen LogP contribution is -2.22. The summed E-state index contributed by atoms with van der Waals surface area (Å²) in [6, 6.07) is 14.9. The molecule has 1 nitrogen and oxygen atoms in total. The Hall–Kier alpha value is -1.02. The maximum absolute atomic E-state index is 6.07. The Kier molecular flexibility index (Phi) is 5.09. The van der Waals surface area contributed by atoms with Gasteiger partial charge in [-0.3, -0.25) is 0 Å². The highest BCUT2D eigenvalue weighted by Gasteiger charge is 2.12. The molecule has 0 aliphatic carbocycles. The second kappa shape index (κ2) is 6.62. The van der Waals surface area contributed by atoms with Crippen LogP contribution in [0.1, 0.15) is 42.6 Å². The molecule has 0 radical (unpaired) electrons. The summed E-state index contributed by atoms with van der Waals surface area (Å²) in [4.78, 5) is 0. The van der Waals surface area contributed by atoms with Crippen molar-refractivity contribution in [3.05, 3.63) is 69.2 Å².